The monoisotopic (exact) mass is 562 g/mol. The maximum absolute atomic E-state index is 13.3. The van der Waals surface area contributed by atoms with E-state index >= 15 is 0 Å². The summed E-state index contributed by atoms with van der Waals surface area (Å²) in [6.45, 7) is 9.43. The minimum Gasteiger partial charge on any atom is -0.456 e. The Morgan fingerprint density at radius 1 is 0.902 bits per heavy atom. The topological polar surface area (TPSA) is 58.6 Å². The molecule has 208 valence electrons. The Labute approximate surface area is 245 Å². The highest BCUT2D eigenvalue weighted by Crippen LogP contribution is 2.36. The molecule has 6 nitrogen and oxygen atoms in total. The van der Waals surface area contributed by atoms with Crippen molar-refractivity contribution in [1.29, 1.82) is 0 Å². The lowest BCUT2D eigenvalue weighted by atomic mass is 9.98. The van der Waals surface area contributed by atoms with E-state index < -0.39 is 0 Å². The highest BCUT2D eigenvalue weighted by atomic mass is 32.1. The molecule has 41 heavy (non-hydrogen) atoms. The fourth-order valence-corrected chi connectivity index (χ4v) is 6.02. The van der Waals surface area contributed by atoms with Gasteiger partial charge in [-0.15, -0.1) is 11.3 Å². The van der Waals surface area contributed by atoms with Crippen LogP contribution in [0.15, 0.2) is 78.4 Å². The molecule has 0 radical (unpaired) electrons. The van der Waals surface area contributed by atoms with E-state index in [4.69, 9.17) is 9.72 Å². The number of hydrogen-bond donors (Lipinski definition) is 0. The van der Waals surface area contributed by atoms with Crippen LogP contribution in [0.25, 0.3) is 21.5 Å². The minimum absolute atomic E-state index is 0.109. The first-order valence-corrected chi connectivity index (χ1v) is 14.9. The van der Waals surface area contributed by atoms with Gasteiger partial charge in [0.15, 0.2) is 5.78 Å². The molecule has 0 unspecified atom stereocenters. The fourth-order valence-electron chi connectivity index (χ4n) is 5.24. The summed E-state index contributed by atoms with van der Waals surface area (Å²) in [5.74, 6) is 1.60. The number of fused-ring (bicyclic) bond motifs is 1. The molecule has 5 aromatic rings. The number of piperazine rings is 1. The molecule has 0 N–H and O–H groups in total. The van der Waals surface area contributed by atoms with Gasteiger partial charge in [-0.1, -0.05) is 24.3 Å². The van der Waals surface area contributed by atoms with Crippen LogP contribution in [0.3, 0.4) is 0 Å². The predicted molar refractivity (Wildman–Crippen MR) is 166 cm³/mol. The maximum Gasteiger partial charge on any atom is 0.167 e. The SMILES string of the molecule is Cc1cc(C(=O)Cc2ccc(C)c(Oc3cc(-c4ccncc4)nc4sccc34)c2)ccc1CN1CCN(C)CC1. The van der Waals surface area contributed by atoms with Crippen molar-refractivity contribution >= 4 is 27.3 Å². The molecule has 3 aromatic heterocycles. The normalized spacial score (nSPS) is 14.4. The second kappa shape index (κ2) is 11.9. The van der Waals surface area contributed by atoms with Gasteiger partial charge in [-0.05, 0) is 78.9 Å². The first-order valence-electron chi connectivity index (χ1n) is 14.0. The van der Waals surface area contributed by atoms with Gasteiger partial charge in [0.1, 0.15) is 16.3 Å². The number of aromatic nitrogens is 2. The summed E-state index contributed by atoms with van der Waals surface area (Å²) >= 11 is 1.59. The molecule has 0 spiro atoms. The van der Waals surface area contributed by atoms with Crippen LogP contribution in [0, 0.1) is 13.8 Å². The zero-order valence-corrected chi connectivity index (χ0v) is 24.6. The summed E-state index contributed by atoms with van der Waals surface area (Å²) in [5, 5.41) is 3.00. The van der Waals surface area contributed by atoms with Gasteiger partial charge in [-0.25, -0.2) is 4.98 Å². The van der Waals surface area contributed by atoms with E-state index in [0.29, 0.717) is 6.42 Å². The highest BCUT2D eigenvalue weighted by Gasteiger charge is 2.17. The molecule has 0 saturated carbocycles. The standard InChI is InChI=1S/C34H34N4O2S/c1-23-4-5-25(19-31(39)27-6-7-28(24(2)18-27)22-38-15-13-37(3)14-16-38)20-32(23)40-33-21-30(26-8-11-35-12-9-26)36-34-29(33)10-17-41-34/h4-12,17-18,20-21H,13-16,19,22H2,1-3H3. The Morgan fingerprint density at radius 2 is 1.71 bits per heavy atom. The number of thiophene rings is 1. The van der Waals surface area contributed by atoms with Crippen molar-refractivity contribution in [3.63, 3.8) is 0 Å². The molecule has 1 saturated heterocycles. The lowest BCUT2D eigenvalue weighted by Gasteiger charge is -2.32. The number of likely N-dealkylation sites (N-methyl/N-ethyl adjacent to an activating group) is 1. The number of rotatable bonds is 8. The molecule has 0 bridgehead atoms. The summed E-state index contributed by atoms with van der Waals surface area (Å²) in [6.07, 6.45) is 3.85. The largest absolute Gasteiger partial charge is 0.456 e. The van der Waals surface area contributed by atoms with Crippen molar-refractivity contribution in [2.45, 2.75) is 26.8 Å². The van der Waals surface area contributed by atoms with Crippen LogP contribution in [0.1, 0.15) is 32.6 Å². The molecule has 0 atom stereocenters. The van der Waals surface area contributed by atoms with Gasteiger partial charge in [-0.2, -0.15) is 0 Å². The lowest BCUT2D eigenvalue weighted by Crippen LogP contribution is -2.43. The molecule has 1 aliphatic heterocycles. The highest BCUT2D eigenvalue weighted by molar-refractivity contribution is 7.16. The molecule has 2 aromatic carbocycles. The summed E-state index contributed by atoms with van der Waals surface area (Å²) < 4.78 is 6.52. The van der Waals surface area contributed by atoms with Crippen molar-refractivity contribution in [2.24, 2.45) is 0 Å². The number of ketones is 1. The number of aryl methyl sites for hydroxylation is 2. The van der Waals surface area contributed by atoms with Crippen molar-refractivity contribution < 1.29 is 9.53 Å². The quantitative estimate of drug-likeness (QED) is 0.191. The second-order valence-electron chi connectivity index (χ2n) is 10.9. The Morgan fingerprint density at radius 3 is 2.49 bits per heavy atom. The van der Waals surface area contributed by atoms with Crippen LogP contribution in [-0.2, 0) is 13.0 Å². The Kier molecular flexibility index (Phi) is 7.92. The average Bonchev–Trinajstić information content (AvgIpc) is 3.47. The number of ether oxygens (including phenoxy) is 1. The molecule has 1 aliphatic rings. The van der Waals surface area contributed by atoms with E-state index in [1.807, 2.05) is 66.9 Å². The third-order valence-corrected chi connectivity index (χ3v) is 8.67. The van der Waals surface area contributed by atoms with Gasteiger partial charge >= 0.3 is 0 Å². The number of carbonyl (C=O) groups excluding carboxylic acids is 1. The van der Waals surface area contributed by atoms with Gasteiger partial charge < -0.3 is 9.64 Å². The first-order chi connectivity index (χ1) is 19.9. The van der Waals surface area contributed by atoms with E-state index in [1.54, 1.807) is 23.7 Å². The maximum atomic E-state index is 13.3. The lowest BCUT2D eigenvalue weighted by molar-refractivity contribution is 0.0993. The van der Waals surface area contributed by atoms with E-state index in [9.17, 15) is 4.79 Å². The van der Waals surface area contributed by atoms with Crippen LogP contribution < -0.4 is 4.74 Å². The first kappa shape index (κ1) is 27.3. The Hall–Kier alpha value is -3.91. The van der Waals surface area contributed by atoms with Crippen LogP contribution in [0.2, 0.25) is 0 Å². The zero-order chi connectivity index (χ0) is 28.3. The number of hydrogen-bond acceptors (Lipinski definition) is 7. The van der Waals surface area contributed by atoms with Crippen LogP contribution in [0.5, 0.6) is 11.5 Å². The molecule has 0 aliphatic carbocycles. The fraction of sp³-hybridized carbons (Fsp3) is 0.265. The van der Waals surface area contributed by atoms with Gasteiger partial charge in [-0.3, -0.25) is 14.7 Å². The van der Waals surface area contributed by atoms with E-state index in [1.165, 1.54) is 11.1 Å². The molecular formula is C34H34N4O2S. The zero-order valence-electron chi connectivity index (χ0n) is 23.8. The Bertz CT molecular complexity index is 1690. The average molecular weight is 563 g/mol. The molecule has 7 heteroatoms. The van der Waals surface area contributed by atoms with Crippen molar-refractivity contribution in [2.75, 3.05) is 33.2 Å². The number of Topliss-reactive ketones (excluding diaryl/α,β-unsaturated/α-hetero) is 1. The summed E-state index contributed by atoms with van der Waals surface area (Å²) in [5.41, 5.74) is 6.99. The second-order valence-corrected chi connectivity index (χ2v) is 11.8. The number of carbonyl (C=O) groups is 1. The number of pyridine rings is 2. The van der Waals surface area contributed by atoms with Crippen LogP contribution in [-0.4, -0.2) is 58.8 Å². The van der Waals surface area contributed by atoms with E-state index in [-0.39, 0.29) is 5.78 Å². The van der Waals surface area contributed by atoms with Gasteiger partial charge in [0.2, 0.25) is 0 Å². The van der Waals surface area contributed by atoms with Crippen LogP contribution >= 0.6 is 11.3 Å². The molecule has 1 fully saturated rings. The van der Waals surface area contributed by atoms with Crippen molar-refractivity contribution in [3.05, 3.63) is 106 Å². The minimum atomic E-state index is 0.109. The third-order valence-electron chi connectivity index (χ3n) is 7.87. The number of nitrogens with zero attached hydrogens (tertiary/aromatic N) is 4. The summed E-state index contributed by atoms with van der Waals surface area (Å²) in [4.78, 5) is 28.1. The Balaban J connectivity index is 1.19. The van der Waals surface area contributed by atoms with Gasteiger partial charge in [0, 0.05) is 68.7 Å². The van der Waals surface area contributed by atoms with Crippen molar-refractivity contribution in [1.82, 2.24) is 19.8 Å². The third kappa shape index (κ3) is 6.22. The van der Waals surface area contributed by atoms with Gasteiger partial charge in [0.25, 0.3) is 0 Å². The molecule has 6 rings (SSSR count). The summed E-state index contributed by atoms with van der Waals surface area (Å²) in [7, 11) is 2.17. The van der Waals surface area contributed by atoms with E-state index in [2.05, 4.69) is 34.8 Å². The summed E-state index contributed by atoms with van der Waals surface area (Å²) in [6, 6.07) is 20.1. The van der Waals surface area contributed by atoms with Crippen molar-refractivity contribution in [3.8, 4) is 22.8 Å². The smallest absolute Gasteiger partial charge is 0.167 e. The molecular weight excluding hydrogens is 528 g/mol. The van der Waals surface area contributed by atoms with Gasteiger partial charge in [0.05, 0.1) is 11.1 Å². The molecule has 4 heterocycles. The molecule has 0 amide bonds. The number of benzene rings is 2. The van der Waals surface area contributed by atoms with E-state index in [0.717, 1.165) is 82.4 Å². The van der Waals surface area contributed by atoms with Crippen LogP contribution in [0.4, 0.5) is 0 Å². The predicted octanol–water partition coefficient (Wildman–Crippen LogP) is 6.94.